The molecule has 0 aliphatic rings. The van der Waals surface area contributed by atoms with Crippen molar-refractivity contribution in [2.24, 2.45) is 5.92 Å². The number of hydrogen-bond acceptors (Lipinski definition) is 5. The molecule has 5 heteroatoms. The van der Waals surface area contributed by atoms with Crippen LogP contribution in [0.4, 0.5) is 0 Å². The molecule has 0 N–H and O–H groups in total. The summed E-state index contributed by atoms with van der Waals surface area (Å²) in [5.74, 6) is 0.192. The molecule has 0 radical (unpaired) electrons. The number of carbonyl (C=O) groups is 2. The molecule has 0 aromatic rings. The van der Waals surface area contributed by atoms with Gasteiger partial charge in [0.25, 0.3) is 0 Å². The number of carbonyl (C=O) groups excluding carboxylic acids is 2. The van der Waals surface area contributed by atoms with Crippen molar-refractivity contribution in [2.45, 2.75) is 246 Å². The van der Waals surface area contributed by atoms with Crippen molar-refractivity contribution >= 4 is 11.9 Å². The lowest BCUT2D eigenvalue weighted by Gasteiger charge is -2.20. The highest BCUT2D eigenvalue weighted by Crippen LogP contribution is 2.21. The fourth-order valence-corrected chi connectivity index (χ4v) is 7.10. The normalized spacial score (nSPS) is 12.2. The molecule has 0 aliphatic carbocycles. The third-order valence-electron chi connectivity index (χ3n) is 10.6. The summed E-state index contributed by atoms with van der Waals surface area (Å²) in [6, 6.07) is 0. The summed E-state index contributed by atoms with van der Waals surface area (Å²) in [6.07, 6.45) is 38.4. The van der Waals surface area contributed by atoms with Gasteiger partial charge in [-0.3, -0.25) is 9.59 Å². The van der Waals surface area contributed by atoms with Crippen molar-refractivity contribution < 1.29 is 19.1 Å². The number of ether oxygens (including phenoxy) is 2. The fraction of sp³-hybridized carbons (Fsp3) is 0.956. The van der Waals surface area contributed by atoms with Gasteiger partial charge in [0.2, 0.25) is 0 Å². The number of hydrogen-bond donors (Lipinski definition) is 0. The van der Waals surface area contributed by atoms with E-state index in [1.165, 1.54) is 161 Å². The average Bonchev–Trinajstić information content (AvgIpc) is 3.11. The van der Waals surface area contributed by atoms with Gasteiger partial charge in [-0.1, -0.05) is 175 Å². The van der Waals surface area contributed by atoms with E-state index in [0.717, 1.165) is 57.9 Å². The van der Waals surface area contributed by atoms with E-state index in [0.29, 0.717) is 13.0 Å². The monoisotopic (exact) mass is 708 g/mol. The molecule has 0 bridgehead atoms. The molecule has 0 rings (SSSR count). The van der Waals surface area contributed by atoms with Crippen LogP contribution >= 0.6 is 0 Å². The Labute approximate surface area is 313 Å². The van der Waals surface area contributed by atoms with Gasteiger partial charge in [0, 0.05) is 6.42 Å². The zero-order chi connectivity index (χ0) is 36.8. The molecule has 0 saturated carbocycles. The molecular formula is C45H89NO4. The standard InChI is InChI=1S/C45H89NO4/c1-6-10-13-16-19-23-31-38-44(47)50-42(5)35-28-24-26-33-40-46(9-4)39-32-25-20-27-34-41-49-45(48)43(36-29-21-17-14-11-7-2)37-30-22-18-15-12-8-3/h42-43H,6-41H2,1-5H3. The lowest BCUT2D eigenvalue weighted by atomic mass is 9.94. The van der Waals surface area contributed by atoms with Crippen LogP contribution in [-0.2, 0) is 19.1 Å². The average molecular weight is 708 g/mol. The Morgan fingerprint density at radius 1 is 0.480 bits per heavy atom. The lowest BCUT2D eigenvalue weighted by molar-refractivity contribution is -0.150. The van der Waals surface area contributed by atoms with Gasteiger partial charge < -0.3 is 14.4 Å². The van der Waals surface area contributed by atoms with Crippen molar-refractivity contribution in [1.82, 2.24) is 4.90 Å². The summed E-state index contributed by atoms with van der Waals surface area (Å²) in [5, 5.41) is 0. The molecular weight excluding hydrogens is 618 g/mol. The van der Waals surface area contributed by atoms with Crippen LogP contribution in [0.25, 0.3) is 0 Å². The Bertz CT molecular complexity index is 697. The van der Waals surface area contributed by atoms with E-state index in [1.807, 2.05) is 0 Å². The first-order valence-electron chi connectivity index (χ1n) is 22.6. The highest BCUT2D eigenvalue weighted by atomic mass is 16.5. The Kier molecular flexibility index (Phi) is 38.3. The first-order valence-corrected chi connectivity index (χ1v) is 22.6. The summed E-state index contributed by atoms with van der Waals surface area (Å²) < 4.78 is 11.5. The Hall–Kier alpha value is -1.10. The van der Waals surface area contributed by atoms with Gasteiger partial charge in [0.05, 0.1) is 18.6 Å². The fourth-order valence-electron chi connectivity index (χ4n) is 7.10. The van der Waals surface area contributed by atoms with Crippen LogP contribution in [0.2, 0.25) is 0 Å². The van der Waals surface area contributed by atoms with Crippen LogP contribution in [0.5, 0.6) is 0 Å². The third kappa shape index (κ3) is 34.0. The molecule has 0 heterocycles. The van der Waals surface area contributed by atoms with Gasteiger partial charge in [0.1, 0.15) is 0 Å². The summed E-state index contributed by atoms with van der Waals surface area (Å²) in [4.78, 5) is 27.7. The van der Waals surface area contributed by atoms with Crippen molar-refractivity contribution in [1.29, 1.82) is 0 Å². The van der Waals surface area contributed by atoms with E-state index in [9.17, 15) is 9.59 Å². The largest absolute Gasteiger partial charge is 0.465 e. The lowest BCUT2D eigenvalue weighted by Crippen LogP contribution is -2.25. The third-order valence-corrected chi connectivity index (χ3v) is 10.6. The minimum atomic E-state index is -0.00519. The zero-order valence-corrected chi connectivity index (χ0v) is 34.7. The van der Waals surface area contributed by atoms with E-state index >= 15 is 0 Å². The molecule has 0 saturated heterocycles. The Morgan fingerprint density at radius 3 is 1.36 bits per heavy atom. The number of nitrogens with zero attached hydrogens (tertiary/aromatic N) is 1. The summed E-state index contributed by atoms with van der Waals surface area (Å²) in [6.45, 7) is 15.2. The summed E-state index contributed by atoms with van der Waals surface area (Å²) in [7, 11) is 0. The number of rotatable bonds is 40. The molecule has 0 aromatic heterocycles. The van der Waals surface area contributed by atoms with Crippen molar-refractivity contribution in [3.05, 3.63) is 0 Å². The SMILES string of the molecule is CCCCCCCCCC(=O)OC(C)CCCCCCN(CC)CCCCCCCOC(=O)C(CCCCCCCC)CCCCCCCC. The smallest absolute Gasteiger partial charge is 0.308 e. The van der Waals surface area contributed by atoms with Crippen LogP contribution in [0, 0.1) is 5.92 Å². The van der Waals surface area contributed by atoms with Crippen molar-refractivity contribution in [3.63, 3.8) is 0 Å². The van der Waals surface area contributed by atoms with Crippen molar-refractivity contribution in [3.8, 4) is 0 Å². The maximum Gasteiger partial charge on any atom is 0.308 e. The predicted molar refractivity (Wildman–Crippen MR) is 217 cm³/mol. The van der Waals surface area contributed by atoms with Gasteiger partial charge in [-0.15, -0.1) is 0 Å². The van der Waals surface area contributed by atoms with E-state index in [4.69, 9.17) is 9.47 Å². The van der Waals surface area contributed by atoms with Crippen LogP contribution in [0.15, 0.2) is 0 Å². The Morgan fingerprint density at radius 2 is 0.880 bits per heavy atom. The zero-order valence-electron chi connectivity index (χ0n) is 34.7. The second-order valence-corrected chi connectivity index (χ2v) is 15.6. The van der Waals surface area contributed by atoms with E-state index in [2.05, 4.69) is 39.5 Å². The minimum absolute atomic E-state index is 0.00519. The van der Waals surface area contributed by atoms with E-state index < -0.39 is 0 Å². The highest BCUT2D eigenvalue weighted by Gasteiger charge is 2.19. The molecule has 5 nitrogen and oxygen atoms in total. The molecule has 1 unspecified atom stereocenters. The Balaban J connectivity index is 3.91. The van der Waals surface area contributed by atoms with Crippen LogP contribution < -0.4 is 0 Å². The first kappa shape index (κ1) is 48.9. The van der Waals surface area contributed by atoms with Gasteiger partial charge in [-0.2, -0.15) is 0 Å². The molecule has 0 aliphatic heterocycles. The van der Waals surface area contributed by atoms with Crippen molar-refractivity contribution in [2.75, 3.05) is 26.2 Å². The van der Waals surface area contributed by atoms with E-state index in [1.54, 1.807) is 0 Å². The second kappa shape index (κ2) is 39.1. The molecule has 0 amide bonds. The van der Waals surface area contributed by atoms with Crippen LogP contribution in [0.3, 0.4) is 0 Å². The summed E-state index contributed by atoms with van der Waals surface area (Å²) in [5.41, 5.74) is 0. The maximum atomic E-state index is 13.0. The quantitative estimate of drug-likeness (QED) is 0.0469. The van der Waals surface area contributed by atoms with E-state index in [-0.39, 0.29) is 24.0 Å². The van der Waals surface area contributed by atoms with Gasteiger partial charge in [0.15, 0.2) is 0 Å². The highest BCUT2D eigenvalue weighted by molar-refractivity contribution is 5.72. The van der Waals surface area contributed by atoms with Gasteiger partial charge in [-0.25, -0.2) is 0 Å². The van der Waals surface area contributed by atoms with Gasteiger partial charge >= 0.3 is 11.9 Å². The first-order chi connectivity index (χ1) is 24.5. The predicted octanol–water partition coefficient (Wildman–Crippen LogP) is 13.9. The topological polar surface area (TPSA) is 55.8 Å². The van der Waals surface area contributed by atoms with Crippen LogP contribution in [-0.4, -0.2) is 49.2 Å². The number of esters is 2. The molecule has 0 aromatic carbocycles. The minimum Gasteiger partial charge on any atom is -0.465 e. The second-order valence-electron chi connectivity index (χ2n) is 15.6. The molecule has 298 valence electrons. The van der Waals surface area contributed by atoms with Crippen LogP contribution in [0.1, 0.15) is 240 Å². The molecule has 50 heavy (non-hydrogen) atoms. The summed E-state index contributed by atoms with van der Waals surface area (Å²) >= 11 is 0. The number of unbranched alkanes of at least 4 members (excludes halogenated alkanes) is 23. The van der Waals surface area contributed by atoms with Gasteiger partial charge in [-0.05, 0) is 77.9 Å². The molecule has 1 atom stereocenters. The maximum absolute atomic E-state index is 13.0. The molecule has 0 fully saturated rings. The molecule has 0 spiro atoms.